The standard InChI is InChI=1S/C14H13NO/c1-12-11-13(7-9-15-12)8-10-16-14-5-3-2-4-6-14/h1-7,9,11H,8,10H2. The van der Waals surface area contributed by atoms with Gasteiger partial charge in [-0.25, -0.2) is 0 Å². The van der Waals surface area contributed by atoms with Gasteiger partial charge in [-0.15, -0.1) is 0 Å². The fraction of sp³-hybridized carbons (Fsp3) is 0.143. The number of para-hydroxylation sites is 1. The lowest BCUT2D eigenvalue weighted by Crippen LogP contribution is -2.01. The van der Waals surface area contributed by atoms with Crippen LogP contribution in [0.1, 0.15) is 11.3 Å². The first-order chi connectivity index (χ1) is 7.84. The third-order valence-electron chi connectivity index (χ3n) is 2.25. The first-order valence-corrected chi connectivity index (χ1v) is 5.23. The van der Waals surface area contributed by atoms with Crippen molar-refractivity contribution in [3.8, 4) is 5.75 Å². The van der Waals surface area contributed by atoms with Gasteiger partial charge in [-0.1, -0.05) is 18.2 Å². The molecule has 0 aliphatic heterocycles. The molecule has 2 aromatic rings. The Morgan fingerprint density at radius 3 is 2.69 bits per heavy atom. The maximum atomic E-state index is 5.59. The molecule has 80 valence electrons. The zero-order valence-electron chi connectivity index (χ0n) is 8.97. The molecule has 0 saturated heterocycles. The predicted octanol–water partition coefficient (Wildman–Crippen LogP) is 2.76. The van der Waals surface area contributed by atoms with Crippen molar-refractivity contribution in [1.29, 1.82) is 0 Å². The number of pyridine rings is 1. The third kappa shape index (κ3) is 3.09. The minimum absolute atomic E-state index is 0.553. The molecule has 16 heavy (non-hydrogen) atoms. The summed E-state index contributed by atoms with van der Waals surface area (Å²) in [4.78, 5) is 3.94. The molecular formula is C14H13NO. The minimum Gasteiger partial charge on any atom is -0.493 e. The highest BCUT2D eigenvalue weighted by atomic mass is 16.5. The van der Waals surface area contributed by atoms with Gasteiger partial charge in [0.15, 0.2) is 0 Å². The second-order valence-electron chi connectivity index (χ2n) is 3.50. The fourth-order valence-electron chi connectivity index (χ4n) is 1.45. The van der Waals surface area contributed by atoms with Gasteiger partial charge in [0.05, 0.1) is 6.61 Å². The Kier molecular flexibility index (Phi) is 3.54. The summed E-state index contributed by atoms with van der Waals surface area (Å²) in [7, 11) is 0. The van der Waals surface area contributed by atoms with Crippen LogP contribution in [0.15, 0.2) is 48.7 Å². The van der Waals surface area contributed by atoms with E-state index >= 15 is 0 Å². The highest BCUT2D eigenvalue weighted by Crippen LogP contribution is 2.09. The summed E-state index contributed by atoms with van der Waals surface area (Å²) in [5, 5.41) is 0. The zero-order valence-corrected chi connectivity index (χ0v) is 8.97. The molecule has 1 aromatic carbocycles. The lowest BCUT2D eigenvalue weighted by atomic mass is 10.2. The minimum atomic E-state index is 0.553. The zero-order chi connectivity index (χ0) is 11.2. The Morgan fingerprint density at radius 2 is 1.94 bits per heavy atom. The quantitative estimate of drug-likeness (QED) is 0.775. The topological polar surface area (TPSA) is 22.1 Å². The van der Waals surface area contributed by atoms with E-state index in [1.165, 1.54) is 0 Å². The monoisotopic (exact) mass is 211 g/mol. The SMILES string of the molecule is [CH]c1cc(CCOc2ccccc2)ccn1. The van der Waals surface area contributed by atoms with E-state index in [1.807, 2.05) is 42.5 Å². The second kappa shape index (κ2) is 5.31. The summed E-state index contributed by atoms with van der Waals surface area (Å²) >= 11 is 0. The van der Waals surface area contributed by atoms with Crippen LogP contribution in [0.5, 0.6) is 5.75 Å². The summed E-state index contributed by atoms with van der Waals surface area (Å²) < 4.78 is 5.59. The van der Waals surface area contributed by atoms with Crippen LogP contribution >= 0.6 is 0 Å². The van der Waals surface area contributed by atoms with Crippen molar-refractivity contribution in [3.05, 3.63) is 66.8 Å². The molecule has 1 heterocycles. The number of hydrogen-bond acceptors (Lipinski definition) is 2. The maximum absolute atomic E-state index is 5.59. The van der Waals surface area contributed by atoms with E-state index in [0.717, 1.165) is 17.7 Å². The van der Waals surface area contributed by atoms with E-state index in [2.05, 4.69) is 4.98 Å². The fourth-order valence-corrected chi connectivity index (χ4v) is 1.45. The van der Waals surface area contributed by atoms with Crippen LogP contribution in [0.25, 0.3) is 0 Å². The summed E-state index contributed by atoms with van der Waals surface area (Å²) in [5.74, 6) is 0.893. The average Bonchev–Trinajstić information content (AvgIpc) is 2.30. The molecule has 0 unspecified atom stereocenters. The van der Waals surface area contributed by atoms with E-state index < -0.39 is 0 Å². The Hall–Kier alpha value is -1.83. The van der Waals surface area contributed by atoms with Crippen molar-refractivity contribution in [2.24, 2.45) is 0 Å². The van der Waals surface area contributed by atoms with Crippen LogP contribution in [0, 0.1) is 6.92 Å². The lowest BCUT2D eigenvalue weighted by Gasteiger charge is -2.05. The Morgan fingerprint density at radius 1 is 1.12 bits per heavy atom. The van der Waals surface area contributed by atoms with E-state index in [1.54, 1.807) is 6.20 Å². The van der Waals surface area contributed by atoms with Gasteiger partial charge >= 0.3 is 0 Å². The first-order valence-electron chi connectivity index (χ1n) is 5.23. The smallest absolute Gasteiger partial charge is 0.119 e. The summed E-state index contributed by atoms with van der Waals surface area (Å²) in [5.41, 5.74) is 1.70. The molecule has 2 rings (SSSR count). The van der Waals surface area contributed by atoms with Crippen LogP contribution in [0.3, 0.4) is 0 Å². The molecule has 0 saturated carbocycles. The van der Waals surface area contributed by atoms with E-state index in [-0.39, 0.29) is 0 Å². The number of hydrogen-bond donors (Lipinski definition) is 0. The lowest BCUT2D eigenvalue weighted by molar-refractivity contribution is 0.322. The molecule has 0 amide bonds. The number of aromatic nitrogens is 1. The summed E-state index contributed by atoms with van der Waals surface area (Å²) in [6, 6.07) is 13.6. The van der Waals surface area contributed by atoms with Gasteiger partial charge < -0.3 is 4.74 Å². The van der Waals surface area contributed by atoms with Crippen LogP contribution in [-0.4, -0.2) is 11.6 Å². The highest BCUT2D eigenvalue weighted by Gasteiger charge is 1.95. The average molecular weight is 211 g/mol. The third-order valence-corrected chi connectivity index (χ3v) is 2.25. The van der Waals surface area contributed by atoms with Crippen molar-refractivity contribution >= 4 is 0 Å². The van der Waals surface area contributed by atoms with Gasteiger partial charge in [0.2, 0.25) is 0 Å². The molecule has 1 aromatic heterocycles. The van der Waals surface area contributed by atoms with Gasteiger partial charge in [0, 0.05) is 25.2 Å². The first kappa shape index (κ1) is 10.7. The normalized spacial score (nSPS) is 10.1. The number of nitrogens with zero attached hydrogens (tertiary/aromatic N) is 1. The highest BCUT2D eigenvalue weighted by molar-refractivity contribution is 5.22. The van der Waals surface area contributed by atoms with E-state index in [9.17, 15) is 0 Å². The number of ether oxygens (including phenoxy) is 1. The molecule has 0 bridgehead atoms. The van der Waals surface area contributed by atoms with Crippen LogP contribution < -0.4 is 4.74 Å². The van der Waals surface area contributed by atoms with Gasteiger partial charge in [-0.3, -0.25) is 4.98 Å². The molecular weight excluding hydrogens is 198 g/mol. The molecule has 0 atom stereocenters. The Bertz CT molecular complexity index is 439. The van der Waals surface area contributed by atoms with E-state index in [0.29, 0.717) is 12.3 Å². The molecule has 0 fully saturated rings. The predicted molar refractivity (Wildman–Crippen MR) is 63.3 cm³/mol. The van der Waals surface area contributed by atoms with Gasteiger partial charge in [0.25, 0.3) is 0 Å². The van der Waals surface area contributed by atoms with Crippen molar-refractivity contribution in [2.75, 3.05) is 6.61 Å². The van der Waals surface area contributed by atoms with Crippen molar-refractivity contribution in [1.82, 2.24) is 4.98 Å². The molecule has 2 radical (unpaired) electrons. The molecule has 2 nitrogen and oxygen atoms in total. The molecule has 2 heteroatoms. The van der Waals surface area contributed by atoms with Crippen LogP contribution in [0.4, 0.5) is 0 Å². The molecule has 0 aliphatic carbocycles. The van der Waals surface area contributed by atoms with Crippen LogP contribution in [-0.2, 0) is 6.42 Å². The molecule has 0 N–H and O–H groups in total. The molecule has 0 spiro atoms. The van der Waals surface area contributed by atoms with Gasteiger partial charge in [-0.05, 0) is 29.8 Å². The Balaban J connectivity index is 1.85. The molecule has 0 aliphatic rings. The van der Waals surface area contributed by atoms with Gasteiger partial charge in [0.1, 0.15) is 5.75 Å². The van der Waals surface area contributed by atoms with E-state index in [4.69, 9.17) is 11.7 Å². The van der Waals surface area contributed by atoms with Crippen molar-refractivity contribution in [3.63, 3.8) is 0 Å². The summed E-state index contributed by atoms with van der Waals surface area (Å²) in [6.07, 6.45) is 2.55. The number of rotatable bonds is 4. The second-order valence-corrected chi connectivity index (χ2v) is 3.50. The number of benzene rings is 1. The van der Waals surface area contributed by atoms with Crippen molar-refractivity contribution in [2.45, 2.75) is 6.42 Å². The van der Waals surface area contributed by atoms with Crippen molar-refractivity contribution < 1.29 is 4.74 Å². The Labute approximate surface area is 95.9 Å². The largest absolute Gasteiger partial charge is 0.493 e. The van der Waals surface area contributed by atoms with Crippen LogP contribution in [0.2, 0.25) is 0 Å². The summed E-state index contributed by atoms with van der Waals surface area (Å²) in [6.45, 7) is 6.24. The maximum Gasteiger partial charge on any atom is 0.119 e. The van der Waals surface area contributed by atoms with Gasteiger partial charge in [-0.2, -0.15) is 0 Å².